The summed E-state index contributed by atoms with van der Waals surface area (Å²) >= 11 is 6.39. The highest BCUT2D eigenvalue weighted by Gasteiger charge is 2.61. The van der Waals surface area contributed by atoms with Gasteiger partial charge in [-0.1, -0.05) is 49.2 Å². The molecule has 1 aromatic heterocycles. The molecule has 3 aliphatic rings. The lowest BCUT2D eigenvalue weighted by molar-refractivity contribution is -0.145. The number of allylic oxidation sites excluding steroid dienone is 1. The van der Waals surface area contributed by atoms with Crippen molar-refractivity contribution in [2.75, 3.05) is 13.2 Å². The number of carbonyl (C=O) groups excluding carboxylic acids is 3. The molecule has 1 aromatic carbocycles. The third kappa shape index (κ3) is 7.97. The van der Waals surface area contributed by atoms with Crippen molar-refractivity contribution in [2.24, 2.45) is 5.92 Å². The zero-order valence-corrected chi connectivity index (χ0v) is 28.1. The number of nitrogens with one attached hydrogen (secondary N) is 2. The van der Waals surface area contributed by atoms with Gasteiger partial charge < -0.3 is 30.1 Å². The van der Waals surface area contributed by atoms with Gasteiger partial charge in [-0.15, -0.1) is 10.2 Å². The van der Waals surface area contributed by atoms with E-state index in [0.29, 0.717) is 29.2 Å². The maximum Gasteiger partial charge on any atom is 0.408 e. The Morgan fingerprint density at radius 1 is 1.25 bits per heavy atom. The second kappa shape index (κ2) is 14.3. The van der Waals surface area contributed by atoms with Gasteiger partial charge in [0.2, 0.25) is 17.6 Å². The third-order valence-corrected chi connectivity index (χ3v) is 8.93. The number of alkyl carbamates (subject to hydrolysis) is 1. The SMILES string of the molecule is C=CCOc1ccc(-c2nnn([C@@H]3C[C@H]4C(=O)N[C@]5(C(=O)O)C[C@@H]5/C=C\CCCCC[C@H](NC(=O)OC(C)(C)C)C(=O)N4C3)n2)cc1Cl. The summed E-state index contributed by atoms with van der Waals surface area (Å²) in [5.41, 5.74) is -1.66. The molecule has 2 aliphatic heterocycles. The Bertz CT molecular complexity index is 1590. The summed E-state index contributed by atoms with van der Waals surface area (Å²) in [6.45, 7) is 9.13. The van der Waals surface area contributed by atoms with Gasteiger partial charge in [-0.3, -0.25) is 9.59 Å². The molecule has 0 spiro atoms. The molecule has 1 saturated carbocycles. The molecule has 2 fully saturated rings. The summed E-state index contributed by atoms with van der Waals surface area (Å²) in [5, 5.41) is 28.9. The summed E-state index contributed by atoms with van der Waals surface area (Å²) < 4.78 is 11.0. The maximum absolute atomic E-state index is 14.2. The molecule has 1 saturated heterocycles. The molecule has 0 unspecified atom stereocenters. The Morgan fingerprint density at radius 2 is 2.04 bits per heavy atom. The lowest BCUT2D eigenvalue weighted by atomic mass is 10.0. The molecular formula is C33H42ClN7O7. The average Bonchev–Trinajstić information content (AvgIpc) is 3.32. The van der Waals surface area contributed by atoms with Crippen LogP contribution < -0.4 is 15.4 Å². The highest BCUT2D eigenvalue weighted by molar-refractivity contribution is 6.32. The Hall–Kier alpha value is -4.46. The molecule has 3 N–H and O–H groups in total. The molecule has 3 amide bonds. The van der Waals surface area contributed by atoms with Crippen LogP contribution in [0.25, 0.3) is 11.4 Å². The maximum atomic E-state index is 14.2. The van der Waals surface area contributed by atoms with Crippen LogP contribution in [-0.2, 0) is 19.1 Å². The number of hydrogen-bond acceptors (Lipinski definition) is 9. The van der Waals surface area contributed by atoms with Crippen LogP contribution in [0.3, 0.4) is 0 Å². The molecule has 3 heterocycles. The topological polar surface area (TPSA) is 178 Å². The van der Waals surface area contributed by atoms with E-state index in [9.17, 15) is 24.3 Å². The first-order valence-corrected chi connectivity index (χ1v) is 16.5. The van der Waals surface area contributed by atoms with Crippen LogP contribution in [0.15, 0.2) is 43.0 Å². The zero-order valence-electron chi connectivity index (χ0n) is 27.4. The summed E-state index contributed by atoms with van der Waals surface area (Å²) in [4.78, 5) is 56.0. The van der Waals surface area contributed by atoms with E-state index in [1.54, 1.807) is 45.0 Å². The average molecular weight is 684 g/mol. The number of carboxylic acids is 1. The monoisotopic (exact) mass is 683 g/mol. The summed E-state index contributed by atoms with van der Waals surface area (Å²) in [6.07, 6.45) is 8.34. The Morgan fingerprint density at radius 3 is 2.75 bits per heavy atom. The number of amides is 3. The van der Waals surface area contributed by atoms with E-state index in [-0.39, 0.29) is 37.7 Å². The molecular weight excluding hydrogens is 642 g/mol. The number of ether oxygens (including phenoxy) is 2. The van der Waals surface area contributed by atoms with Crippen LogP contribution in [0.2, 0.25) is 5.02 Å². The second-order valence-electron chi connectivity index (χ2n) is 13.4. The number of nitrogens with zero attached hydrogens (tertiary/aromatic N) is 5. The van der Waals surface area contributed by atoms with E-state index in [1.165, 1.54) is 9.70 Å². The normalized spacial score (nSPS) is 27.0. The van der Waals surface area contributed by atoms with Crippen molar-refractivity contribution in [1.82, 2.24) is 35.7 Å². The number of carboxylic acid groups (broad SMARTS) is 1. The van der Waals surface area contributed by atoms with Crippen LogP contribution in [0.5, 0.6) is 5.75 Å². The molecule has 5 atom stereocenters. The second-order valence-corrected chi connectivity index (χ2v) is 13.8. The quantitative estimate of drug-likeness (QED) is 0.360. The number of halogens is 1. The fourth-order valence-corrected chi connectivity index (χ4v) is 6.33. The van der Waals surface area contributed by atoms with Gasteiger partial charge in [0.15, 0.2) is 0 Å². The number of rotatable bonds is 7. The number of tetrazole rings is 1. The minimum atomic E-state index is -1.45. The number of benzene rings is 1. The Balaban J connectivity index is 1.43. The number of hydrogen-bond donors (Lipinski definition) is 3. The molecule has 15 heteroatoms. The Kier molecular flexibility index (Phi) is 10.4. The lowest BCUT2D eigenvalue weighted by Crippen LogP contribution is -2.56. The van der Waals surface area contributed by atoms with Crippen molar-refractivity contribution in [3.63, 3.8) is 0 Å². The molecule has 14 nitrogen and oxygen atoms in total. The van der Waals surface area contributed by atoms with Crippen molar-refractivity contribution in [3.05, 3.63) is 48.0 Å². The van der Waals surface area contributed by atoms with E-state index in [4.69, 9.17) is 21.1 Å². The molecule has 0 bridgehead atoms. The van der Waals surface area contributed by atoms with Crippen molar-refractivity contribution in [1.29, 1.82) is 0 Å². The van der Waals surface area contributed by atoms with Crippen LogP contribution >= 0.6 is 11.6 Å². The number of aromatic nitrogens is 4. The summed E-state index contributed by atoms with van der Waals surface area (Å²) in [6, 6.07) is 2.47. The minimum Gasteiger partial charge on any atom is -0.488 e. The summed E-state index contributed by atoms with van der Waals surface area (Å²) in [5.74, 6) is -1.82. The first-order chi connectivity index (χ1) is 22.8. The number of aliphatic carboxylic acids is 1. The number of fused-ring (bicyclic) bond motifs is 2. The van der Waals surface area contributed by atoms with Gasteiger partial charge in [-0.25, -0.2) is 9.59 Å². The van der Waals surface area contributed by atoms with E-state index in [2.05, 4.69) is 32.6 Å². The molecule has 5 rings (SSSR count). The predicted octanol–water partition coefficient (Wildman–Crippen LogP) is 4.07. The Labute approximate surface area is 283 Å². The smallest absolute Gasteiger partial charge is 0.408 e. The van der Waals surface area contributed by atoms with Crippen LogP contribution in [0, 0.1) is 5.92 Å². The zero-order chi connectivity index (χ0) is 34.6. The first-order valence-electron chi connectivity index (χ1n) is 16.2. The van der Waals surface area contributed by atoms with E-state index in [0.717, 1.165) is 19.3 Å². The molecule has 2 aromatic rings. The van der Waals surface area contributed by atoms with Gasteiger partial charge in [-0.2, -0.15) is 4.80 Å². The van der Waals surface area contributed by atoms with Gasteiger partial charge in [0.05, 0.1) is 11.1 Å². The predicted molar refractivity (Wildman–Crippen MR) is 175 cm³/mol. The highest BCUT2D eigenvalue weighted by atomic mass is 35.5. The fraction of sp³-hybridized carbons (Fsp3) is 0.545. The van der Waals surface area contributed by atoms with Gasteiger partial charge in [0.1, 0.15) is 35.6 Å². The van der Waals surface area contributed by atoms with Gasteiger partial charge in [0, 0.05) is 24.4 Å². The first kappa shape index (κ1) is 34.9. The van der Waals surface area contributed by atoms with Crippen molar-refractivity contribution < 1.29 is 33.8 Å². The van der Waals surface area contributed by atoms with E-state index >= 15 is 0 Å². The van der Waals surface area contributed by atoms with E-state index in [1.807, 2.05) is 12.2 Å². The minimum absolute atomic E-state index is 0.0255. The van der Waals surface area contributed by atoms with Gasteiger partial charge in [-0.05, 0) is 69.9 Å². The third-order valence-electron chi connectivity index (χ3n) is 8.63. The van der Waals surface area contributed by atoms with Crippen LogP contribution in [0.4, 0.5) is 4.79 Å². The number of carbonyl (C=O) groups is 4. The lowest BCUT2D eigenvalue weighted by Gasteiger charge is -2.30. The van der Waals surface area contributed by atoms with E-state index < -0.39 is 53.1 Å². The van der Waals surface area contributed by atoms with Gasteiger partial charge >= 0.3 is 12.1 Å². The van der Waals surface area contributed by atoms with Crippen LogP contribution in [-0.4, -0.2) is 90.5 Å². The van der Waals surface area contributed by atoms with Crippen molar-refractivity contribution in [2.45, 2.75) is 95.0 Å². The molecule has 1 aliphatic carbocycles. The molecule has 258 valence electrons. The molecule has 48 heavy (non-hydrogen) atoms. The van der Waals surface area contributed by atoms with Crippen LogP contribution in [0.1, 0.15) is 71.8 Å². The summed E-state index contributed by atoms with van der Waals surface area (Å²) in [7, 11) is 0. The molecule has 0 radical (unpaired) electrons. The highest BCUT2D eigenvalue weighted by Crippen LogP contribution is 2.45. The largest absolute Gasteiger partial charge is 0.488 e. The van der Waals surface area contributed by atoms with Crippen molar-refractivity contribution >= 4 is 35.5 Å². The van der Waals surface area contributed by atoms with Crippen molar-refractivity contribution in [3.8, 4) is 17.1 Å². The fourth-order valence-electron chi connectivity index (χ4n) is 6.10. The standard InChI is InChI=1S/C33H42ClN7O7/c1-5-15-47-26-14-13-20(16-23(26)34)27-37-39-41(38-27)22-17-25-28(42)36-33(30(44)45)18-21(33)11-9-7-6-8-10-12-24(29(43)40(25)19-22)35-31(46)48-32(2,3)4/h5,9,11,13-14,16,21-22,24-25H,1,6-8,10,12,15,17-19H2,2-4H3,(H,35,46)(H,36,42)(H,44,45)/b11-9-/t21-,22+,24-,25-,33+/m0/s1. The van der Waals surface area contributed by atoms with Gasteiger partial charge in [0.25, 0.3) is 0 Å².